The van der Waals surface area contributed by atoms with Crippen LogP contribution in [0.15, 0.2) is 66.7 Å². The third kappa shape index (κ3) is 7.31. The number of nitrogens with one attached hydrogen (secondary N) is 1. The fraction of sp³-hybridized carbons (Fsp3) is 0.344. The van der Waals surface area contributed by atoms with Gasteiger partial charge in [-0.25, -0.2) is 4.79 Å². The molecule has 0 aromatic heterocycles. The number of hydrogen-bond donors (Lipinski definition) is 3. The topological polar surface area (TPSA) is 104 Å². The Kier molecular flexibility index (Phi) is 9.30. The smallest absolute Gasteiger partial charge is 0.326 e. The van der Waals surface area contributed by atoms with E-state index in [0.29, 0.717) is 6.42 Å². The van der Waals surface area contributed by atoms with E-state index in [1.165, 1.54) is 51.8 Å². The molecule has 0 radical (unpaired) electrons. The number of hydrogen-bond acceptors (Lipinski definition) is 3. The van der Waals surface area contributed by atoms with E-state index >= 15 is 0 Å². The van der Waals surface area contributed by atoms with Gasteiger partial charge < -0.3 is 15.5 Å². The number of amides is 1. The number of carboxylic acids is 2. The highest BCUT2D eigenvalue weighted by molar-refractivity contribution is 5.87. The molecule has 1 amide bonds. The molecule has 3 N–H and O–H groups in total. The summed E-state index contributed by atoms with van der Waals surface area (Å²) in [7, 11) is 0. The molecule has 1 aliphatic rings. The maximum Gasteiger partial charge on any atom is 0.326 e. The zero-order chi connectivity index (χ0) is 26.9. The summed E-state index contributed by atoms with van der Waals surface area (Å²) in [5.74, 6) is -3.03. The Bertz CT molecular complexity index is 1280. The summed E-state index contributed by atoms with van der Waals surface area (Å²) in [5.41, 5.74) is 9.16. The number of carbonyl (C=O) groups excluding carboxylic acids is 1. The molecular formula is C32H35NO5. The van der Waals surface area contributed by atoms with Crippen molar-refractivity contribution >= 4 is 17.8 Å². The van der Waals surface area contributed by atoms with E-state index in [9.17, 15) is 14.4 Å². The summed E-state index contributed by atoms with van der Waals surface area (Å²) in [6, 6.07) is 22.7. The quantitative estimate of drug-likeness (QED) is 0.256. The Morgan fingerprint density at radius 3 is 2.08 bits per heavy atom. The molecule has 0 fully saturated rings. The van der Waals surface area contributed by atoms with Crippen LogP contribution in [0.2, 0.25) is 0 Å². The van der Waals surface area contributed by atoms with Gasteiger partial charge in [0.15, 0.2) is 0 Å². The number of aryl methyl sites for hydroxylation is 3. The molecule has 0 unspecified atom stereocenters. The van der Waals surface area contributed by atoms with E-state index < -0.39 is 30.3 Å². The Morgan fingerprint density at radius 2 is 1.42 bits per heavy atom. The van der Waals surface area contributed by atoms with Gasteiger partial charge in [0.25, 0.3) is 0 Å². The zero-order valence-electron chi connectivity index (χ0n) is 21.6. The Labute approximate surface area is 223 Å². The van der Waals surface area contributed by atoms with Crippen LogP contribution < -0.4 is 5.32 Å². The number of rotatable bonds is 12. The van der Waals surface area contributed by atoms with Crippen LogP contribution in [0.25, 0.3) is 22.3 Å². The van der Waals surface area contributed by atoms with Gasteiger partial charge in [0, 0.05) is 6.42 Å². The van der Waals surface area contributed by atoms with Crippen molar-refractivity contribution in [3.8, 4) is 22.3 Å². The Hall–Kier alpha value is -3.93. The second-order valence-electron chi connectivity index (χ2n) is 10.1. The molecule has 0 saturated carbocycles. The maximum atomic E-state index is 12.1. The maximum absolute atomic E-state index is 12.1. The number of fused-ring (bicyclic) bond motifs is 1. The molecule has 0 spiro atoms. The first-order chi connectivity index (χ1) is 18.4. The van der Waals surface area contributed by atoms with E-state index in [1.54, 1.807) is 0 Å². The normalized spacial score (nSPS) is 13.4. The van der Waals surface area contributed by atoms with E-state index in [0.717, 1.165) is 32.1 Å². The van der Waals surface area contributed by atoms with Gasteiger partial charge >= 0.3 is 11.9 Å². The van der Waals surface area contributed by atoms with Gasteiger partial charge in [-0.2, -0.15) is 0 Å². The molecule has 3 aromatic rings. The van der Waals surface area contributed by atoms with Gasteiger partial charge in [-0.05, 0) is 83.9 Å². The summed E-state index contributed by atoms with van der Waals surface area (Å²) >= 11 is 0. The standard InChI is InChI=1S/C32H35NO5/c34-30(33-29(32(37)38)21-31(35)36)17-6-1-3-10-22-11-9-16-26(18-22)28-20-25-15-8-7-14-24(25)19-27(28)23-12-4-2-5-13-23/h2,4-5,9,11-13,16,18-20,29H,1,3,6-8,10,14-15,17,21H2,(H,33,34)(H,35,36)(H,37,38)/t29-/m0/s1. The van der Waals surface area contributed by atoms with Crippen molar-refractivity contribution < 1.29 is 24.6 Å². The van der Waals surface area contributed by atoms with Crippen LogP contribution in [-0.2, 0) is 33.6 Å². The number of aliphatic carboxylic acids is 2. The fourth-order valence-corrected chi connectivity index (χ4v) is 5.21. The van der Waals surface area contributed by atoms with Gasteiger partial charge in [0.1, 0.15) is 6.04 Å². The van der Waals surface area contributed by atoms with Crippen LogP contribution in [-0.4, -0.2) is 34.1 Å². The lowest BCUT2D eigenvalue weighted by Gasteiger charge is -2.21. The van der Waals surface area contributed by atoms with E-state index in [2.05, 4.69) is 66.0 Å². The van der Waals surface area contributed by atoms with E-state index in [1.807, 2.05) is 6.07 Å². The first-order valence-electron chi connectivity index (χ1n) is 13.4. The summed E-state index contributed by atoms with van der Waals surface area (Å²) in [6.07, 6.45) is 7.55. The lowest BCUT2D eigenvalue weighted by molar-refractivity contribution is -0.147. The van der Waals surface area contributed by atoms with Crippen molar-refractivity contribution in [2.75, 3.05) is 0 Å². The molecule has 0 saturated heterocycles. The summed E-state index contributed by atoms with van der Waals surface area (Å²) in [4.78, 5) is 34.0. The lowest BCUT2D eigenvalue weighted by atomic mass is 9.84. The van der Waals surface area contributed by atoms with Crippen molar-refractivity contribution in [3.05, 3.63) is 83.4 Å². The average molecular weight is 514 g/mol. The number of benzene rings is 3. The van der Waals surface area contributed by atoms with Crippen molar-refractivity contribution in [2.45, 2.75) is 70.3 Å². The van der Waals surface area contributed by atoms with Gasteiger partial charge in [0.2, 0.25) is 5.91 Å². The Morgan fingerprint density at radius 1 is 0.763 bits per heavy atom. The minimum Gasteiger partial charge on any atom is -0.481 e. The molecule has 0 bridgehead atoms. The predicted molar refractivity (Wildman–Crippen MR) is 148 cm³/mol. The van der Waals surface area contributed by atoms with Crippen molar-refractivity contribution in [1.29, 1.82) is 0 Å². The molecule has 1 atom stereocenters. The molecule has 6 nitrogen and oxygen atoms in total. The molecule has 198 valence electrons. The molecule has 0 aliphatic heterocycles. The van der Waals surface area contributed by atoms with Gasteiger partial charge in [-0.15, -0.1) is 0 Å². The molecule has 38 heavy (non-hydrogen) atoms. The minimum absolute atomic E-state index is 0.180. The molecular weight excluding hydrogens is 478 g/mol. The van der Waals surface area contributed by atoms with Crippen LogP contribution in [0.1, 0.15) is 61.6 Å². The van der Waals surface area contributed by atoms with E-state index in [4.69, 9.17) is 10.2 Å². The minimum atomic E-state index is -1.40. The number of unbranched alkanes of at least 4 members (excludes halogenated alkanes) is 2. The molecule has 6 heteroatoms. The highest BCUT2D eigenvalue weighted by Crippen LogP contribution is 2.37. The SMILES string of the molecule is O=C(O)C[C@H](NC(=O)CCCCCc1cccc(-c2cc3c(cc2-c2ccccc2)CCCC3)c1)C(=O)O. The van der Waals surface area contributed by atoms with Crippen LogP contribution in [0.3, 0.4) is 0 Å². The van der Waals surface area contributed by atoms with Gasteiger partial charge in [-0.3, -0.25) is 9.59 Å². The Balaban J connectivity index is 1.38. The first kappa shape index (κ1) is 27.1. The zero-order valence-corrected chi connectivity index (χ0v) is 21.6. The average Bonchev–Trinajstić information content (AvgIpc) is 2.92. The second-order valence-corrected chi connectivity index (χ2v) is 10.1. The third-order valence-corrected chi connectivity index (χ3v) is 7.19. The van der Waals surface area contributed by atoms with Gasteiger partial charge in [0.05, 0.1) is 6.42 Å². The molecule has 3 aromatic carbocycles. The molecule has 1 aliphatic carbocycles. The first-order valence-corrected chi connectivity index (χ1v) is 13.4. The highest BCUT2D eigenvalue weighted by atomic mass is 16.4. The largest absolute Gasteiger partial charge is 0.481 e. The highest BCUT2D eigenvalue weighted by Gasteiger charge is 2.22. The molecule has 0 heterocycles. The number of carboxylic acid groups (broad SMARTS) is 2. The van der Waals surface area contributed by atoms with Gasteiger partial charge in [-0.1, -0.05) is 73.2 Å². The van der Waals surface area contributed by atoms with Crippen LogP contribution >= 0.6 is 0 Å². The summed E-state index contributed by atoms with van der Waals surface area (Å²) in [6.45, 7) is 0. The fourth-order valence-electron chi connectivity index (χ4n) is 5.21. The van der Waals surface area contributed by atoms with Crippen LogP contribution in [0.5, 0.6) is 0 Å². The second kappa shape index (κ2) is 13.0. The van der Waals surface area contributed by atoms with Crippen molar-refractivity contribution in [1.82, 2.24) is 5.32 Å². The number of carbonyl (C=O) groups is 3. The monoisotopic (exact) mass is 513 g/mol. The summed E-state index contributed by atoms with van der Waals surface area (Å²) in [5, 5.41) is 20.2. The van der Waals surface area contributed by atoms with E-state index in [-0.39, 0.29) is 6.42 Å². The van der Waals surface area contributed by atoms with Crippen LogP contribution in [0.4, 0.5) is 0 Å². The predicted octanol–water partition coefficient (Wildman–Crippen LogP) is 6.05. The van der Waals surface area contributed by atoms with Crippen molar-refractivity contribution in [2.24, 2.45) is 0 Å². The van der Waals surface area contributed by atoms with Crippen LogP contribution in [0, 0.1) is 0 Å². The van der Waals surface area contributed by atoms with Crippen molar-refractivity contribution in [3.63, 3.8) is 0 Å². The summed E-state index contributed by atoms with van der Waals surface area (Å²) < 4.78 is 0. The third-order valence-electron chi connectivity index (χ3n) is 7.19. The lowest BCUT2D eigenvalue weighted by Crippen LogP contribution is -2.42. The molecule has 4 rings (SSSR count).